The summed E-state index contributed by atoms with van der Waals surface area (Å²) in [4.78, 5) is 16.7. The zero-order chi connectivity index (χ0) is 9.12. The van der Waals surface area contributed by atoms with Crippen LogP contribution in [0.2, 0.25) is 0 Å². The molecule has 0 saturated carbocycles. The Morgan fingerprint density at radius 2 is 2.00 bits per heavy atom. The molecule has 0 amide bonds. The lowest BCUT2D eigenvalue weighted by Gasteiger charge is -2.21. The van der Waals surface area contributed by atoms with E-state index in [1.54, 1.807) is 0 Å². The predicted octanol–water partition coefficient (Wildman–Crippen LogP) is 1.35. The minimum atomic E-state index is -4.30. The Morgan fingerprint density at radius 3 is 2.27 bits per heavy atom. The number of phosphoric acid groups is 1. The van der Waals surface area contributed by atoms with Gasteiger partial charge in [-0.2, -0.15) is 0 Å². The highest BCUT2D eigenvalue weighted by Gasteiger charge is 2.22. The topological polar surface area (TPSA) is 66.8 Å². The molecule has 1 radical (unpaired) electrons. The van der Waals surface area contributed by atoms with Crippen LogP contribution in [-0.2, 0) is 9.09 Å². The highest BCUT2D eigenvalue weighted by molar-refractivity contribution is 7.46. The molecule has 0 rings (SSSR count). The summed E-state index contributed by atoms with van der Waals surface area (Å²) in [5, 5.41) is 0. The van der Waals surface area contributed by atoms with Gasteiger partial charge in [-0.25, -0.2) is 4.57 Å². The van der Waals surface area contributed by atoms with Gasteiger partial charge < -0.3 is 9.79 Å². The van der Waals surface area contributed by atoms with E-state index in [0.717, 1.165) is 0 Å². The second kappa shape index (κ2) is 3.68. The van der Waals surface area contributed by atoms with Crippen LogP contribution in [0.15, 0.2) is 0 Å². The van der Waals surface area contributed by atoms with E-state index in [9.17, 15) is 4.57 Å². The van der Waals surface area contributed by atoms with Crippen LogP contribution in [0, 0.1) is 11.8 Å². The van der Waals surface area contributed by atoms with E-state index in [0.29, 0.717) is 0 Å². The first-order chi connectivity index (χ1) is 4.77. The second-order valence-electron chi connectivity index (χ2n) is 3.04. The van der Waals surface area contributed by atoms with Gasteiger partial charge in [-0.1, -0.05) is 20.8 Å². The number of hydrogen-bond donors (Lipinski definition) is 2. The van der Waals surface area contributed by atoms with Crippen molar-refractivity contribution in [2.24, 2.45) is 5.41 Å². The molecular weight excluding hydrogens is 167 g/mol. The van der Waals surface area contributed by atoms with Crippen molar-refractivity contribution in [3.8, 4) is 0 Å². The summed E-state index contributed by atoms with van der Waals surface area (Å²) in [5.41, 5.74) is -0.291. The third-order valence-electron chi connectivity index (χ3n) is 1.39. The summed E-state index contributed by atoms with van der Waals surface area (Å²) in [5.74, 6) is 0. The van der Waals surface area contributed by atoms with Crippen LogP contribution in [0.4, 0.5) is 0 Å². The van der Waals surface area contributed by atoms with Crippen LogP contribution >= 0.6 is 7.82 Å². The van der Waals surface area contributed by atoms with Crippen LogP contribution in [-0.4, -0.2) is 16.4 Å². The van der Waals surface area contributed by atoms with Crippen molar-refractivity contribution < 1.29 is 18.9 Å². The van der Waals surface area contributed by atoms with Gasteiger partial charge in [0, 0.05) is 0 Å². The maximum atomic E-state index is 10.3. The molecule has 4 nitrogen and oxygen atoms in total. The van der Waals surface area contributed by atoms with Gasteiger partial charge in [0.1, 0.15) is 0 Å². The van der Waals surface area contributed by atoms with Crippen molar-refractivity contribution >= 4 is 7.82 Å². The van der Waals surface area contributed by atoms with Crippen LogP contribution < -0.4 is 0 Å². The number of rotatable bonds is 4. The molecule has 0 atom stereocenters. The standard InChI is InChI=1S/C6H14O4P/c1-4-6(2,3)5-10-11(7,8)9/h4H,5H2,1-3H3,(H2,7,8,9). The average Bonchev–Trinajstić information content (AvgIpc) is 1.83. The fourth-order valence-electron chi connectivity index (χ4n) is 0.334. The molecule has 5 heteroatoms. The monoisotopic (exact) mass is 181 g/mol. The van der Waals surface area contributed by atoms with E-state index in [1.807, 2.05) is 27.2 Å². The Kier molecular flexibility index (Phi) is 3.71. The van der Waals surface area contributed by atoms with Crippen molar-refractivity contribution in [1.82, 2.24) is 0 Å². The quantitative estimate of drug-likeness (QED) is 0.642. The van der Waals surface area contributed by atoms with E-state index in [4.69, 9.17) is 9.79 Å². The molecule has 0 aliphatic heterocycles. The van der Waals surface area contributed by atoms with Gasteiger partial charge in [-0.3, -0.25) is 4.52 Å². The molecule has 0 aliphatic carbocycles. The molecule has 0 spiro atoms. The minimum Gasteiger partial charge on any atom is -0.303 e. The lowest BCUT2D eigenvalue weighted by Crippen LogP contribution is -2.17. The maximum Gasteiger partial charge on any atom is 0.469 e. The Bertz CT molecular complexity index is 160. The molecule has 0 aromatic heterocycles. The predicted molar refractivity (Wildman–Crippen MR) is 41.8 cm³/mol. The summed E-state index contributed by atoms with van der Waals surface area (Å²) in [7, 11) is -4.30. The van der Waals surface area contributed by atoms with Crippen LogP contribution in [0.5, 0.6) is 0 Å². The summed E-state index contributed by atoms with van der Waals surface area (Å²) in [6, 6.07) is 0. The normalized spacial score (nSPS) is 13.5. The van der Waals surface area contributed by atoms with E-state index < -0.39 is 7.82 Å². The third kappa shape index (κ3) is 6.51. The highest BCUT2D eigenvalue weighted by Crippen LogP contribution is 2.38. The third-order valence-corrected chi connectivity index (χ3v) is 1.85. The fraction of sp³-hybridized carbons (Fsp3) is 0.833. The van der Waals surface area contributed by atoms with Crippen molar-refractivity contribution in [3.05, 3.63) is 6.42 Å². The van der Waals surface area contributed by atoms with Gasteiger partial charge in [0.2, 0.25) is 0 Å². The number of hydrogen-bond acceptors (Lipinski definition) is 2. The first-order valence-corrected chi connectivity index (χ1v) is 4.80. The molecule has 0 bridgehead atoms. The van der Waals surface area contributed by atoms with Crippen LogP contribution in [0.1, 0.15) is 20.8 Å². The molecule has 0 saturated heterocycles. The van der Waals surface area contributed by atoms with Gasteiger partial charge in [0.25, 0.3) is 0 Å². The summed E-state index contributed by atoms with van der Waals surface area (Å²) in [6.07, 6.45) is 1.84. The van der Waals surface area contributed by atoms with Gasteiger partial charge in [0.05, 0.1) is 6.61 Å². The SMILES string of the molecule is C[CH]C(C)(C)COP(=O)(O)O. The van der Waals surface area contributed by atoms with Crippen molar-refractivity contribution in [3.63, 3.8) is 0 Å². The maximum absolute atomic E-state index is 10.3. The molecule has 0 aromatic carbocycles. The Balaban J connectivity index is 3.80. The van der Waals surface area contributed by atoms with E-state index >= 15 is 0 Å². The molecule has 0 fully saturated rings. The molecular formula is C6H14O4P. The van der Waals surface area contributed by atoms with Crippen molar-refractivity contribution in [2.75, 3.05) is 6.61 Å². The Hall–Kier alpha value is 0.110. The highest BCUT2D eigenvalue weighted by atomic mass is 31.2. The smallest absolute Gasteiger partial charge is 0.303 e. The fourth-order valence-corrected chi connectivity index (χ4v) is 0.835. The molecule has 0 aliphatic rings. The van der Waals surface area contributed by atoms with Crippen LogP contribution in [0.3, 0.4) is 0 Å². The lowest BCUT2D eigenvalue weighted by atomic mass is 9.92. The Morgan fingerprint density at radius 1 is 1.55 bits per heavy atom. The molecule has 0 heterocycles. The van der Waals surface area contributed by atoms with Crippen molar-refractivity contribution in [1.29, 1.82) is 0 Å². The van der Waals surface area contributed by atoms with E-state index in [2.05, 4.69) is 4.52 Å². The molecule has 11 heavy (non-hydrogen) atoms. The van der Waals surface area contributed by atoms with Crippen molar-refractivity contribution in [2.45, 2.75) is 20.8 Å². The number of phosphoric ester groups is 1. The first kappa shape index (κ1) is 11.1. The minimum absolute atomic E-state index is 0.0355. The zero-order valence-corrected chi connectivity index (χ0v) is 7.84. The average molecular weight is 181 g/mol. The molecule has 67 valence electrons. The summed E-state index contributed by atoms with van der Waals surface area (Å²) in [6.45, 7) is 5.53. The van der Waals surface area contributed by atoms with E-state index in [-0.39, 0.29) is 12.0 Å². The summed E-state index contributed by atoms with van der Waals surface area (Å²) < 4.78 is 14.6. The Labute approximate surface area is 66.8 Å². The summed E-state index contributed by atoms with van der Waals surface area (Å²) >= 11 is 0. The zero-order valence-electron chi connectivity index (χ0n) is 6.94. The molecule has 0 unspecified atom stereocenters. The second-order valence-corrected chi connectivity index (χ2v) is 4.28. The molecule has 2 N–H and O–H groups in total. The van der Waals surface area contributed by atoms with Gasteiger partial charge in [0.15, 0.2) is 0 Å². The first-order valence-electron chi connectivity index (χ1n) is 3.27. The van der Waals surface area contributed by atoms with Crippen LogP contribution in [0.25, 0.3) is 0 Å². The van der Waals surface area contributed by atoms with Gasteiger partial charge in [-0.15, -0.1) is 0 Å². The van der Waals surface area contributed by atoms with E-state index in [1.165, 1.54) is 0 Å². The molecule has 0 aromatic rings. The lowest BCUT2D eigenvalue weighted by molar-refractivity contribution is 0.145. The van der Waals surface area contributed by atoms with Gasteiger partial charge >= 0.3 is 7.82 Å². The van der Waals surface area contributed by atoms with Gasteiger partial charge in [-0.05, 0) is 11.8 Å². The largest absolute Gasteiger partial charge is 0.469 e.